The predicted molar refractivity (Wildman–Crippen MR) is 147 cm³/mol. The highest BCUT2D eigenvalue weighted by Crippen LogP contribution is 2.28. The number of carboxylic acid groups (broad SMARTS) is 1. The monoisotopic (exact) mass is 541 g/mol. The predicted octanol–water partition coefficient (Wildman–Crippen LogP) is 4.21. The molecule has 1 unspecified atom stereocenters. The van der Waals surface area contributed by atoms with Crippen LogP contribution in [0, 0.1) is 0 Å². The molecule has 0 aromatic heterocycles. The van der Waals surface area contributed by atoms with E-state index >= 15 is 0 Å². The Balaban J connectivity index is 1.13. The van der Waals surface area contributed by atoms with E-state index in [1.165, 1.54) is 12.1 Å². The number of ether oxygens (including phenoxy) is 1. The second-order valence-electron chi connectivity index (χ2n) is 10.00. The van der Waals surface area contributed by atoms with E-state index in [4.69, 9.17) is 4.74 Å². The summed E-state index contributed by atoms with van der Waals surface area (Å²) >= 11 is 0. The molecule has 0 spiro atoms. The second kappa shape index (κ2) is 11.7. The molecular formula is C31H31N3O6. The lowest BCUT2D eigenvalue weighted by atomic mass is 10.1. The number of benzene rings is 3. The van der Waals surface area contributed by atoms with Crippen molar-refractivity contribution in [2.75, 3.05) is 26.2 Å². The molecule has 2 atom stereocenters. The van der Waals surface area contributed by atoms with Crippen molar-refractivity contribution in [3.63, 3.8) is 0 Å². The summed E-state index contributed by atoms with van der Waals surface area (Å²) in [6.07, 6.45) is -0.198. The standard InChI is InChI=1S/C31H31N3O6/c1-21(22-11-13-24(14-12-22)40-23-7-3-2-4-8-23)32-17-19-33(20-18-32)28(35)16-15-27(31(38)39)34-29(36)25-9-5-6-10-26(25)30(34)37/h2-14,21,27H,15-20H2,1H3,(H,38,39)/t21?,27-/m0/s1. The molecule has 0 bridgehead atoms. The molecule has 0 saturated carbocycles. The number of rotatable bonds is 9. The number of hydrogen-bond donors (Lipinski definition) is 1. The molecule has 0 radical (unpaired) electrons. The first kappa shape index (κ1) is 27.1. The van der Waals surface area contributed by atoms with Gasteiger partial charge in [-0.15, -0.1) is 0 Å². The number of aliphatic carboxylic acids is 1. The Morgan fingerprint density at radius 2 is 1.35 bits per heavy atom. The lowest BCUT2D eigenvalue weighted by Gasteiger charge is -2.38. The maximum Gasteiger partial charge on any atom is 0.326 e. The van der Waals surface area contributed by atoms with Crippen molar-refractivity contribution < 1.29 is 29.0 Å². The molecule has 40 heavy (non-hydrogen) atoms. The van der Waals surface area contributed by atoms with Gasteiger partial charge >= 0.3 is 5.97 Å². The second-order valence-corrected chi connectivity index (χ2v) is 10.00. The smallest absolute Gasteiger partial charge is 0.326 e. The Hall–Kier alpha value is -4.50. The molecule has 3 amide bonds. The van der Waals surface area contributed by atoms with E-state index in [2.05, 4.69) is 11.8 Å². The topological polar surface area (TPSA) is 107 Å². The van der Waals surface area contributed by atoms with E-state index in [-0.39, 0.29) is 35.9 Å². The quantitative estimate of drug-likeness (QED) is 0.404. The van der Waals surface area contributed by atoms with Gasteiger partial charge in [0.05, 0.1) is 11.1 Å². The van der Waals surface area contributed by atoms with Crippen LogP contribution in [0.5, 0.6) is 11.5 Å². The highest BCUT2D eigenvalue weighted by atomic mass is 16.5. The van der Waals surface area contributed by atoms with Crippen LogP contribution in [0.1, 0.15) is 52.1 Å². The molecule has 3 aromatic rings. The normalized spacial score (nSPS) is 16.9. The Morgan fingerprint density at radius 1 is 0.800 bits per heavy atom. The Kier molecular flexibility index (Phi) is 7.93. The Bertz CT molecular complexity index is 1370. The number of para-hydroxylation sites is 1. The van der Waals surface area contributed by atoms with Crippen LogP contribution in [0.4, 0.5) is 0 Å². The molecule has 9 heteroatoms. The fraction of sp³-hybridized carbons (Fsp3) is 0.290. The van der Waals surface area contributed by atoms with Gasteiger partial charge in [0.15, 0.2) is 0 Å². The number of piperazine rings is 1. The zero-order chi connectivity index (χ0) is 28.2. The van der Waals surface area contributed by atoms with E-state index in [1.54, 1.807) is 17.0 Å². The number of imide groups is 1. The van der Waals surface area contributed by atoms with Gasteiger partial charge in [-0.05, 0) is 55.3 Å². The summed E-state index contributed by atoms with van der Waals surface area (Å²) in [5, 5.41) is 9.78. The van der Waals surface area contributed by atoms with E-state index in [0.717, 1.165) is 22.0 Å². The maximum atomic E-state index is 13.0. The summed E-state index contributed by atoms with van der Waals surface area (Å²) in [5.74, 6) is -1.22. The SMILES string of the molecule is CC(c1ccc(Oc2ccccc2)cc1)N1CCN(C(=O)CC[C@@H](C(=O)O)N2C(=O)c3ccccc3C2=O)CC1. The minimum absolute atomic E-state index is 0.0667. The molecule has 1 fully saturated rings. The first-order valence-electron chi connectivity index (χ1n) is 13.4. The zero-order valence-corrected chi connectivity index (χ0v) is 22.2. The summed E-state index contributed by atoms with van der Waals surface area (Å²) in [5.41, 5.74) is 1.52. The summed E-state index contributed by atoms with van der Waals surface area (Å²) < 4.78 is 5.88. The summed E-state index contributed by atoms with van der Waals surface area (Å²) in [7, 11) is 0. The van der Waals surface area contributed by atoms with E-state index in [9.17, 15) is 24.3 Å². The minimum atomic E-state index is -1.40. The molecule has 2 aliphatic heterocycles. The molecular weight excluding hydrogens is 510 g/mol. The first-order chi connectivity index (χ1) is 19.3. The number of hydrogen-bond acceptors (Lipinski definition) is 6. The van der Waals surface area contributed by atoms with Crippen LogP contribution in [-0.4, -0.2) is 75.7 Å². The number of carbonyl (C=O) groups excluding carboxylic acids is 3. The van der Waals surface area contributed by atoms with Gasteiger partial charge in [0.1, 0.15) is 17.5 Å². The summed E-state index contributed by atoms with van der Waals surface area (Å²) in [6.45, 7) is 4.52. The lowest BCUT2D eigenvalue weighted by Crippen LogP contribution is -2.50. The van der Waals surface area contributed by atoms with Gasteiger partial charge in [-0.3, -0.25) is 24.2 Å². The van der Waals surface area contributed by atoms with E-state index in [0.29, 0.717) is 26.2 Å². The largest absolute Gasteiger partial charge is 0.480 e. The van der Waals surface area contributed by atoms with Crippen LogP contribution in [0.2, 0.25) is 0 Å². The molecule has 9 nitrogen and oxygen atoms in total. The Labute approximate surface area is 232 Å². The van der Waals surface area contributed by atoms with Crippen LogP contribution >= 0.6 is 0 Å². The summed E-state index contributed by atoms with van der Waals surface area (Å²) in [4.78, 5) is 55.3. The van der Waals surface area contributed by atoms with Crippen molar-refractivity contribution >= 4 is 23.7 Å². The van der Waals surface area contributed by atoms with Crippen molar-refractivity contribution in [2.45, 2.75) is 31.8 Å². The van der Waals surface area contributed by atoms with Gasteiger partial charge in [0.2, 0.25) is 5.91 Å². The molecule has 1 N–H and O–H groups in total. The molecule has 5 rings (SSSR count). The molecule has 3 aromatic carbocycles. The van der Waals surface area contributed by atoms with Crippen LogP contribution in [-0.2, 0) is 9.59 Å². The fourth-order valence-electron chi connectivity index (χ4n) is 5.28. The van der Waals surface area contributed by atoms with E-state index in [1.807, 2.05) is 54.6 Å². The average Bonchev–Trinajstić information content (AvgIpc) is 3.23. The highest BCUT2D eigenvalue weighted by molar-refractivity contribution is 6.22. The van der Waals surface area contributed by atoms with Gasteiger partial charge < -0.3 is 14.7 Å². The van der Waals surface area contributed by atoms with Crippen LogP contribution < -0.4 is 4.74 Å². The maximum absolute atomic E-state index is 13.0. The van der Waals surface area contributed by atoms with Crippen molar-refractivity contribution in [1.29, 1.82) is 0 Å². The van der Waals surface area contributed by atoms with E-state index < -0.39 is 23.8 Å². The Morgan fingerprint density at radius 3 is 1.93 bits per heavy atom. The zero-order valence-electron chi connectivity index (χ0n) is 22.2. The molecule has 2 heterocycles. The third-order valence-corrected chi connectivity index (χ3v) is 7.61. The molecule has 0 aliphatic carbocycles. The minimum Gasteiger partial charge on any atom is -0.480 e. The van der Waals surface area contributed by atoms with Crippen LogP contribution in [0.15, 0.2) is 78.9 Å². The van der Waals surface area contributed by atoms with Crippen molar-refractivity contribution in [3.05, 3.63) is 95.6 Å². The fourth-order valence-corrected chi connectivity index (χ4v) is 5.28. The van der Waals surface area contributed by atoms with Gasteiger partial charge in [0.25, 0.3) is 11.8 Å². The number of amides is 3. The van der Waals surface area contributed by atoms with Crippen molar-refractivity contribution in [1.82, 2.24) is 14.7 Å². The first-order valence-corrected chi connectivity index (χ1v) is 13.4. The average molecular weight is 542 g/mol. The summed E-state index contributed by atoms with van der Waals surface area (Å²) in [6, 6.07) is 22.6. The number of nitrogens with zero attached hydrogens (tertiary/aromatic N) is 3. The molecule has 1 saturated heterocycles. The van der Waals surface area contributed by atoms with Crippen molar-refractivity contribution in [2.24, 2.45) is 0 Å². The van der Waals surface area contributed by atoms with Gasteiger partial charge in [0, 0.05) is 38.6 Å². The molecule has 206 valence electrons. The molecule has 2 aliphatic rings. The van der Waals surface area contributed by atoms with Gasteiger partial charge in [-0.25, -0.2) is 4.79 Å². The lowest BCUT2D eigenvalue weighted by molar-refractivity contribution is -0.142. The highest BCUT2D eigenvalue weighted by Gasteiger charge is 2.43. The van der Waals surface area contributed by atoms with Crippen molar-refractivity contribution in [3.8, 4) is 11.5 Å². The van der Waals surface area contributed by atoms with Gasteiger partial charge in [-0.1, -0.05) is 42.5 Å². The van der Waals surface area contributed by atoms with Gasteiger partial charge in [-0.2, -0.15) is 0 Å². The number of fused-ring (bicyclic) bond motifs is 1. The number of carbonyl (C=O) groups is 4. The third kappa shape index (κ3) is 5.60. The third-order valence-electron chi connectivity index (χ3n) is 7.61. The number of carboxylic acids is 1. The van der Waals surface area contributed by atoms with Crippen LogP contribution in [0.3, 0.4) is 0 Å². The van der Waals surface area contributed by atoms with Crippen LogP contribution in [0.25, 0.3) is 0 Å².